The molecule has 1 aliphatic rings. The van der Waals surface area contributed by atoms with Crippen molar-refractivity contribution in [2.45, 2.75) is 16.6 Å². The van der Waals surface area contributed by atoms with Crippen molar-refractivity contribution in [2.75, 3.05) is 13.1 Å². The van der Waals surface area contributed by atoms with E-state index in [1.165, 1.54) is 11.3 Å². The maximum atomic E-state index is 5.81. The lowest BCUT2D eigenvalue weighted by molar-refractivity contribution is 0.858. The normalized spacial score (nSPS) is 20.5. The summed E-state index contributed by atoms with van der Waals surface area (Å²) < 4.78 is 0. The quantitative estimate of drug-likeness (QED) is 0.864. The summed E-state index contributed by atoms with van der Waals surface area (Å²) in [6, 6.07) is 8.08. The van der Waals surface area contributed by atoms with Crippen LogP contribution in [0, 0.1) is 0 Å². The maximum absolute atomic E-state index is 5.81. The Labute approximate surface area is 100 Å². The van der Waals surface area contributed by atoms with Gasteiger partial charge < -0.3 is 5.32 Å². The summed E-state index contributed by atoms with van der Waals surface area (Å²) >= 11 is 7.75. The van der Waals surface area contributed by atoms with E-state index in [1.807, 2.05) is 23.9 Å². The van der Waals surface area contributed by atoms with Crippen molar-refractivity contribution in [3.05, 3.63) is 29.3 Å². The molecular formula is C10H13Cl2NS. The van der Waals surface area contributed by atoms with Gasteiger partial charge >= 0.3 is 0 Å². The Morgan fingerprint density at radius 2 is 2.00 bits per heavy atom. The van der Waals surface area contributed by atoms with Gasteiger partial charge in [0.15, 0.2) is 0 Å². The van der Waals surface area contributed by atoms with Gasteiger partial charge in [-0.05, 0) is 37.2 Å². The standard InChI is InChI=1S/C10H12ClNS.ClH/c11-8-1-3-9(4-2-8)13-10-5-6-12-7-10;/h1-4,10,12H,5-7H2;1H/t10-;/m1./s1. The average Bonchev–Trinajstić information content (AvgIpc) is 2.62. The first-order chi connectivity index (χ1) is 6.34. The van der Waals surface area contributed by atoms with Gasteiger partial charge in [0.05, 0.1) is 0 Å². The number of rotatable bonds is 2. The van der Waals surface area contributed by atoms with Crippen LogP contribution in [0.5, 0.6) is 0 Å². The molecular weight excluding hydrogens is 237 g/mol. The van der Waals surface area contributed by atoms with Crippen LogP contribution < -0.4 is 5.32 Å². The van der Waals surface area contributed by atoms with Crippen LogP contribution in [0.15, 0.2) is 29.2 Å². The molecule has 1 saturated heterocycles. The minimum Gasteiger partial charge on any atom is -0.316 e. The van der Waals surface area contributed by atoms with Crippen molar-refractivity contribution in [2.24, 2.45) is 0 Å². The first-order valence-corrected chi connectivity index (χ1v) is 5.73. The summed E-state index contributed by atoms with van der Waals surface area (Å²) in [6.45, 7) is 2.29. The van der Waals surface area contributed by atoms with Crippen LogP contribution >= 0.6 is 35.8 Å². The molecule has 4 heteroatoms. The van der Waals surface area contributed by atoms with E-state index in [0.717, 1.165) is 23.4 Å². The largest absolute Gasteiger partial charge is 0.316 e. The lowest BCUT2D eigenvalue weighted by Crippen LogP contribution is -2.09. The molecule has 0 saturated carbocycles. The number of hydrogen-bond acceptors (Lipinski definition) is 2. The van der Waals surface area contributed by atoms with Gasteiger partial charge in [-0.25, -0.2) is 0 Å². The van der Waals surface area contributed by atoms with Gasteiger partial charge in [0.2, 0.25) is 0 Å². The number of nitrogens with one attached hydrogen (secondary N) is 1. The van der Waals surface area contributed by atoms with Crippen LogP contribution in [0.4, 0.5) is 0 Å². The second-order valence-corrected chi connectivity index (χ2v) is 5.00. The summed E-state index contributed by atoms with van der Waals surface area (Å²) in [4.78, 5) is 1.32. The predicted octanol–water partition coefficient (Wildman–Crippen LogP) is 3.22. The van der Waals surface area contributed by atoms with E-state index < -0.39 is 0 Å². The highest BCUT2D eigenvalue weighted by atomic mass is 35.5. The van der Waals surface area contributed by atoms with Gasteiger partial charge in [0.25, 0.3) is 0 Å². The molecule has 0 aromatic heterocycles. The molecule has 0 radical (unpaired) electrons. The number of halogens is 2. The number of hydrogen-bond donors (Lipinski definition) is 1. The molecule has 1 heterocycles. The van der Waals surface area contributed by atoms with Crippen molar-refractivity contribution < 1.29 is 0 Å². The van der Waals surface area contributed by atoms with E-state index in [4.69, 9.17) is 11.6 Å². The molecule has 14 heavy (non-hydrogen) atoms. The van der Waals surface area contributed by atoms with Crippen molar-refractivity contribution in [3.63, 3.8) is 0 Å². The highest BCUT2D eigenvalue weighted by Crippen LogP contribution is 2.27. The van der Waals surface area contributed by atoms with Crippen molar-refractivity contribution in [1.29, 1.82) is 0 Å². The second-order valence-electron chi connectivity index (χ2n) is 3.19. The van der Waals surface area contributed by atoms with E-state index in [1.54, 1.807) is 0 Å². The molecule has 1 aromatic rings. The van der Waals surface area contributed by atoms with Crippen molar-refractivity contribution in [1.82, 2.24) is 5.32 Å². The minimum atomic E-state index is 0. The summed E-state index contributed by atoms with van der Waals surface area (Å²) in [5, 5.41) is 4.91. The SMILES string of the molecule is Cl.Clc1ccc(S[C@@H]2CCNC2)cc1. The topological polar surface area (TPSA) is 12.0 Å². The maximum Gasteiger partial charge on any atom is 0.0406 e. The average molecular weight is 250 g/mol. The molecule has 1 atom stereocenters. The summed E-state index contributed by atoms with van der Waals surface area (Å²) in [7, 11) is 0. The Morgan fingerprint density at radius 3 is 2.57 bits per heavy atom. The van der Waals surface area contributed by atoms with Crippen LogP contribution in [0.3, 0.4) is 0 Å². The first kappa shape index (κ1) is 12.2. The number of benzene rings is 1. The molecule has 78 valence electrons. The Bertz CT molecular complexity index is 270. The monoisotopic (exact) mass is 249 g/mol. The molecule has 0 aliphatic carbocycles. The molecule has 2 rings (SSSR count). The number of thioether (sulfide) groups is 1. The van der Waals surface area contributed by atoms with Gasteiger partial charge in [-0.15, -0.1) is 24.2 Å². The van der Waals surface area contributed by atoms with Gasteiger partial charge in [-0.2, -0.15) is 0 Å². The zero-order valence-corrected chi connectivity index (χ0v) is 10.1. The van der Waals surface area contributed by atoms with Crippen molar-refractivity contribution in [3.8, 4) is 0 Å². The summed E-state index contributed by atoms with van der Waals surface area (Å²) in [6.07, 6.45) is 1.27. The smallest absolute Gasteiger partial charge is 0.0406 e. The fraction of sp³-hybridized carbons (Fsp3) is 0.400. The van der Waals surface area contributed by atoms with Crippen LogP contribution in [0.25, 0.3) is 0 Å². The third kappa shape index (κ3) is 3.35. The van der Waals surface area contributed by atoms with Crippen LogP contribution in [-0.4, -0.2) is 18.3 Å². The van der Waals surface area contributed by atoms with E-state index in [9.17, 15) is 0 Å². The molecule has 1 nitrogen and oxygen atoms in total. The van der Waals surface area contributed by atoms with E-state index >= 15 is 0 Å². The zero-order valence-electron chi connectivity index (χ0n) is 7.70. The van der Waals surface area contributed by atoms with Crippen LogP contribution in [-0.2, 0) is 0 Å². The Kier molecular flexibility index (Phi) is 5.10. The molecule has 1 N–H and O–H groups in total. The Balaban J connectivity index is 0.000000980. The van der Waals surface area contributed by atoms with Crippen LogP contribution in [0.1, 0.15) is 6.42 Å². The molecule has 1 aromatic carbocycles. The molecule has 0 amide bonds. The Hall–Kier alpha value is 0.110. The van der Waals surface area contributed by atoms with Gasteiger partial charge in [0, 0.05) is 21.7 Å². The summed E-state index contributed by atoms with van der Waals surface area (Å²) in [5.41, 5.74) is 0. The predicted molar refractivity (Wildman–Crippen MR) is 65.8 cm³/mol. The van der Waals surface area contributed by atoms with Gasteiger partial charge in [-0.3, -0.25) is 0 Å². The molecule has 1 fully saturated rings. The third-order valence-electron chi connectivity index (χ3n) is 2.13. The fourth-order valence-electron chi connectivity index (χ4n) is 1.43. The third-order valence-corrected chi connectivity index (χ3v) is 3.66. The molecule has 1 aliphatic heterocycles. The first-order valence-electron chi connectivity index (χ1n) is 4.47. The van der Waals surface area contributed by atoms with Gasteiger partial charge in [-0.1, -0.05) is 11.6 Å². The van der Waals surface area contributed by atoms with E-state index in [2.05, 4.69) is 17.4 Å². The van der Waals surface area contributed by atoms with E-state index in [-0.39, 0.29) is 12.4 Å². The molecule has 0 bridgehead atoms. The lowest BCUT2D eigenvalue weighted by Gasteiger charge is -2.07. The highest BCUT2D eigenvalue weighted by molar-refractivity contribution is 8.00. The second kappa shape index (κ2) is 5.86. The zero-order chi connectivity index (χ0) is 9.10. The van der Waals surface area contributed by atoms with Gasteiger partial charge in [0.1, 0.15) is 0 Å². The van der Waals surface area contributed by atoms with E-state index in [0.29, 0.717) is 0 Å². The fourth-order valence-corrected chi connectivity index (χ4v) is 2.68. The summed E-state index contributed by atoms with van der Waals surface area (Å²) in [5.74, 6) is 0. The minimum absolute atomic E-state index is 0. The molecule has 0 unspecified atom stereocenters. The lowest BCUT2D eigenvalue weighted by atomic mass is 10.4. The van der Waals surface area contributed by atoms with Crippen molar-refractivity contribution >= 4 is 35.8 Å². The molecule has 0 spiro atoms. The van der Waals surface area contributed by atoms with Crippen LogP contribution in [0.2, 0.25) is 5.02 Å². The Morgan fingerprint density at radius 1 is 1.29 bits per heavy atom. The highest BCUT2D eigenvalue weighted by Gasteiger charge is 2.14.